The van der Waals surface area contributed by atoms with E-state index in [0.29, 0.717) is 22.4 Å². The molecule has 1 fully saturated rings. The van der Waals surface area contributed by atoms with Crippen molar-refractivity contribution in [2.45, 2.75) is 6.10 Å². The number of thiophene rings is 1. The number of rotatable bonds is 2. The highest BCUT2D eigenvalue weighted by molar-refractivity contribution is 9.10. The zero-order chi connectivity index (χ0) is 16.8. The lowest BCUT2D eigenvalue weighted by atomic mass is 10.1. The number of aromatic nitrogens is 1. The molecule has 3 heterocycles. The van der Waals surface area contributed by atoms with Crippen LogP contribution in [-0.2, 0) is 0 Å². The summed E-state index contributed by atoms with van der Waals surface area (Å²) >= 11 is 4.80. The number of carbonyl (C=O) groups excluding carboxylic acids is 1. The summed E-state index contributed by atoms with van der Waals surface area (Å²) in [6, 6.07) is 12.6. The van der Waals surface area contributed by atoms with Crippen molar-refractivity contribution in [1.82, 2.24) is 9.47 Å². The molecule has 5 nitrogen and oxygen atoms in total. The first-order valence-corrected chi connectivity index (χ1v) is 9.04. The molecule has 0 bridgehead atoms. The lowest BCUT2D eigenvalue weighted by Crippen LogP contribution is -2.53. The Morgan fingerprint density at radius 2 is 1.88 bits per heavy atom. The molecule has 0 atom stereocenters. The van der Waals surface area contributed by atoms with Gasteiger partial charge in [0.25, 0.3) is 11.5 Å². The first kappa shape index (κ1) is 15.6. The first-order valence-electron chi connectivity index (χ1n) is 7.43. The van der Waals surface area contributed by atoms with Crippen molar-refractivity contribution in [1.29, 1.82) is 0 Å². The number of hydrogen-bond acceptors (Lipinski definition) is 4. The number of halogens is 1. The van der Waals surface area contributed by atoms with Gasteiger partial charge in [-0.25, -0.2) is 0 Å². The maximum absolute atomic E-state index is 12.6. The van der Waals surface area contributed by atoms with Crippen LogP contribution in [0.25, 0.3) is 15.9 Å². The average Bonchev–Trinajstić information content (AvgIpc) is 2.89. The fraction of sp³-hybridized carbons (Fsp3) is 0.176. The number of fused-ring (bicyclic) bond motifs is 1. The van der Waals surface area contributed by atoms with Gasteiger partial charge < -0.3 is 10.0 Å². The van der Waals surface area contributed by atoms with Gasteiger partial charge in [-0.05, 0) is 34.1 Å². The van der Waals surface area contributed by atoms with Crippen molar-refractivity contribution in [3.8, 4) is 5.69 Å². The standard InChI is InChI=1S/C17H13BrN2O3S/c18-14-12-6-7-13(22)20(10-4-2-1-3-5-10)17(12)24-15(14)16(23)19-8-11(21)9-19/h1-7,11,21H,8-9H2. The number of aliphatic hydroxyl groups excluding tert-OH is 1. The number of carbonyl (C=O) groups is 1. The summed E-state index contributed by atoms with van der Waals surface area (Å²) in [5, 5.41) is 10.2. The van der Waals surface area contributed by atoms with Gasteiger partial charge in [-0.2, -0.15) is 0 Å². The lowest BCUT2D eigenvalue weighted by molar-refractivity contribution is 0.00618. The fourth-order valence-electron chi connectivity index (χ4n) is 2.78. The lowest BCUT2D eigenvalue weighted by Gasteiger charge is -2.35. The molecule has 7 heteroatoms. The van der Waals surface area contributed by atoms with Crippen molar-refractivity contribution >= 4 is 43.4 Å². The number of para-hydroxylation sites is 1. The normalized spacial score (nSPS) is 14.8. The highest BCUT2D eigenvalue weighted by Crippen LogP contribution is 2.37. The molecular weight excluding hydrogens is 392 g/mol. The third-order valence-corrected chi connectivity index (χ3v) is 6.30. The minimum atomic E-state index is -0.440. The number of β-amino-alcohol motifs (C(OH)–C–C–N with tert-alkyl or cyclic N) is 1. The number of amides is 1. The minimum absolute atomic E-state index is 0.125. The van der Waals surface area contributed by atoms with Gasteiger partial charge in [0.05, 0.1) is 16.3 Å². The molecule has 4 rings (SSSR count). The molecule has 0 unspecified atom stereocenters. The Kier molecular flexibility index (Phi) is 3.79. The van der Waals surface area contributed by atoms with Crippen molar-refractivity contribution < 1.29 is 9.90 Å². The van der Waals surface area contributed by atoms with Crippen LogP contribution in [0.15, 0.2) is 51.7 Å². The van der Waals surface area contributed by atoms with E-state index in [2.05, 4.69) is 15.9 Å². The summed E-state index contributed by atoms with van der Waals surface area (Å²) in [6.45, 7) is 0.704. The second-order valence-electron chi connectivity index (χ2n) is 5.67. The van der Waals surface area contributed by atoms with Crippen molar-refractivity contribution in [2.24, 2.45) is 0 Å². The van der Waals surface area contributed by atoms with Gasteiger partial charge in [-0.1, -0.05) is 18.2 Å². The zero-order valence-electron chi connectivity index (χ0n) is 12.5. The molecule has 0 spiro atoms. The monoisotopic (exact) mass is 404 g/mol. The van der Waals surface area contributed by atoms with Gasteiger partial charge in [0, 0.05) is 24.5 Å². The van der Waals surface area contributed by atoms with Crippen LogP contribution < -0.4 is 5.56 Å². The quantitative estimate of drug-likeness (QED) is 0.713. The predicted octanol–water partition coefficient (Wildman–Crippen LogP) is 2.63. The van der Waals surface area contributed by atoms with E-state index in [9.17, 15) is 14.7 Å². The second-order valence-corrected chi connectivity index (χ2v) is 7.46. The summed E-state index contributed by atoms with van der Waals surface area (Å²) in [5.41, 5.74) is 0.626. The van der Waals surface area contributed by atoms with E-state index < -0.39 is 6.10 Å². The Balaban J connectivity index is 1.89. The van der Waals surface area contributed by atoms with Crippen LogP contribution in [0.1, 0.15) is 9.67 Å². The van der Waals surface area contributed by atoms with Gasteiger partial charge >= 0.3 is 0 Å². The largest absolute Gasteiger partial charge is 0.389 e. The molecule has 3 aromatic rings. The van der Waals surface area contributed by atoms with Gasteiger partial charge in [0.2, 0.25) is 0 Å². The molecule has 0 aliphatic carbocycles. The maximum Gasteiger partial charge on any atom is 0.265 e. The van der Waals surface area contributed by atoms with Crippen LogP contribution in [0.2, 0.25) is 0 Å². The molecule has 1 aliphatic rings. The molecular formula is C17H13BrN2O3S. The minimum Gasteiger partial charge on any atom is -0.389 e. The van der Waals surface area contributed by atoms with E-state index in [4.69, 9.17) is 0 Å². The van der Waals surface area contributed by atoms with Crippen LogP contribution in [0, 0.1) is 0 Å². The van der Waals surface area contributed by atoms with Crippen molar-refractivity contribution in [3.05, 3.63) is 62.2 Å². The van der Waals surface area contributed by atoms with Gasteiger partial charge in [-0.15, -0.1) is 11.3 Å². The molecule has 0 saturated carbocycles. The third kappa shape index (κ3) is 2.40. The molecule has 1 aliphatic heterocycles. The van der Waals surface area contributed by atoms with Crippen molar-refractivity contribution in [3.63, 3.8) is 0 Å². The van der Waals surface area contributed by atoms with Gasteiger partial charge in [0.15, 0.2) is 0 Å². The first-order chi connectivity index (χ1) is 11.6. The number of benzene rings is 1. The van der Waals surface area contributed by atoms with E-state index in [-0.39, 0.29) is 11.5 Å². The van der Waals surface area contributed by atoms with Crippen LogP contribution in [0.4, 0.5) is 0 Å². The van der Waals surface area contributed by atoms with E-state index in [1.54, 1.807) is 15.5 Å². The van der Waals surface area contributed by atoms with E-state index >= 15 is 0 Å². The fourth-order valence-corrected chi connectivity index (χ4v) is 4.82. The smallest absolute Gasteiger partial charge is 0.265 e. The zero-order valence-corrected chi connectivity index (χ0v) is 14.9. The van der Waals surface area contributed by atoms with Crippen LogP contribution >= 0.6 is 27.3 Å². The maximum atomic E-state index is 12.6. The number of nitrogens with zero attached hydrogens (tertiary/aromatic N) is 2. The second kappa shape index (κ2) is 5.84. The molecule has 1 saturated heterocycles. The Bertz CT molecular complexity index is 990. The molecule has 122 valence electrons. The average molecular weight is 405 g/mol. The number of hydrogen-bond donors (Lipinski definition) is 1. The summed E-state index contributed by atoms with van der Waals surface area (Å²) in [6.07, 6.45) is -0.440. The van der Waals surface area contributed by atoms with Gasteiger partial charge in [-0.3, -0.25) is 14.2 Å². The number of aliphatic hydroxyl groups is 1. The third-order valence-electron chi connectivity index (χ3n) is 4.04. The summed E-state index contributed by atoms with van der Waals surface area (Å²) in [7, 11) is 0. The topological polar surface area (TPSA) is 62.5 Å². The Morgan fingerprint density at radius 3 is 2.54 bits per heavy atom. The molecule has 2 aromatic heterocycles. The number of pyridine rings is 1. The van der Waals surface area contributed by atoms with Crippen LogP contribution in [-0.4, -0.2) is 39.7 Å². The van der Waals surface area contributed by atoms with Gasteiger partial charge in [0.1, 0.15) is 9.71 Å². The Morgan fingerprint density at radius 1 is 1.17 bits per heavy atom. The molecule has 1 N–H and O–H groups in total. The Labute approximate surface area is 149 Å². The van der Waals surface area contributed by atoms with E-state index in [0.717, 1.165) is 15.9 Å². The molecule has 24 heavy (non-hydrogen) atoms. The molecule has 1 amide bonds. The van der Waals surface area contributed by atoms with E-state index in [1.807, 2.05) is 30.3 Å². The van der Waals surface area contributed by atoms with E-state index in [1.165, 1.54) is 17.4 Å². The summed E-state index contributed by atoms with van der Waals surface area (Å²) < 4.78 is 2.31. The number of likely N-dealkylation sites (tertiary alicyclic amines) is 1. The summed E-state index contributed by atoms with van der Waals surface area (Å²) in [5.74, 6) is -0.125. The highest BCUT2D eigenvalue weighted by atomic mass is 79.9. The van der Waals surface area contributed by atoms with Crippen LogP contribution in [0.5, 0.6) is 0 Å². The van der Waals surface area contributed by atoms with Crippen LogP contribution in [0.3, 0.4) is 0 Å². The summed E-state index contributed by atoms with van der Waals surface area (Å²) in [4.78, 5) is 27.9. The highest BCUT2D eigenvalue weighted by Gasteiger charge is 2.32. The molecule has 0 radical (unpaired) electrons. The predicted molar refractivity (Wildman–Crippen MR) is 97.0 cm³/mol. The SMILES string of the molecule is O=C(c1sc2c(ccc(=O)n2-c2ccccc2)c1Br)N1CC(O)C1. The van der Waals surface area contributed by atoms with Crippen molar-refractivity contribution in [2.75, 3.05) is 13.1 Å². The Hall–Kier alpha value is -1.96. The molecule has 1 aromatic carbocycles.